The highest BCUT2D eigenvalue weighted by atomic mass is 16.2. The fraction of sp³-hybridized carbons (Fsp3) is 0.476. The molecule has 4 rings (SSSR count). The quantitative estimate of drug-likeness (QED) is 0.877. The molecule has 2 saturated heterocycles. The van der Waals surface area contributed by atoms with Crippen LogP contribution in [0.2, 0.25) is 0 Å². The van der Waals surface area contributed by atoms with Gasteiger partial charge in [-0.3, -0.25) is 4.79 Å². The number of amides is 1. The molecule has 28 heavy (non-hydrogen) atoms. The summed E-state index contributed by atoms with van der Waals surface area (Å²) in [6.45, 7) is 5.96. The van der Waals surface area contributed by atoms with Crippen LogP contribution in [0, 0.1) is 6.92 Å². The number of piperazine rings is 1. The number of aromatic nitrogens is 2. The maximum absolute atomic E-state index is 12.0. The molecule has 1 aromatic carbocycles. The third-order valence-electron chi connectivity index (χ3n) is 5.63. The lowest BCUT2D eigenvalue weighted by atomic mass is 10.0. The number of rotatable bonds is 4. The molecule has 7 heteroatoms. The Hall–Kier alpha value is -2.83. The highest BCUT2D eigenvalue weighted by Gasteiger charge is 2.24. The number of nitrogens with one attached hydrogen (secondary N) is 1. The molecule has 0 aliphatic carbocycles. The number of carbonyl (C=O) groups excluding carboxylic acids is 1. The van der Waals surface area contributed by atoms with Crippen LogP contribution in [0.1, 0.15) is 18.4 Å². The minimum absolute atomic E-state index is 0.134. The van der Waals surface area contributed by atoms with Gasteiger partial charge in [0.25, 0.3) is 0 Å². The Morgan fingerprint density at radius 2 is 1.75 bits per heavy atom. The van der Waals surface area contributed by atoms with Gasteiger partial charge in [0, 0.05) is 51.0 Å². The summed E-state index contributed by atoms with van der Waals surface area (Å²) in [6.07, 6.45) is 3.76. The molecule has 2 aliphatic rings. The molecule has 1 N–H and O–H groups in total. The first kappa shape index (κ1) is 18.5. The Morgan fingerprint density at radius 3 is 2.46 bits per heavy atom. The van der Waals surface area contributed by atoms with Crippen molar-refractivity contribution in [3.8, 4) is 0 Å². The van der Waals surface area contributed by atoms with Crippen LogP contribution < -0.4 is 15.1 Å². The van der Waals surface area contributed by atoms with E-state index in [1.54, 1.807) is 11.2 Å². The largest absolute Gasteiger partial charge is 0.382 e. The van der Waals surface area contributed by atoms with Crippen LogP contribution in [0.3, 0.4) is 0 Å². The molecule has 148 valence electrons. The van der Waals surface area contributed by atoms with Crippen molar-refractivity contribution >= 4 is 23.2 Å². The van der Waals surface area contributed by atoms with Crippen LogP contribution in [0.25, 0.3) is 0 Å². The second-order valence-electron chi connectivity index (χ2n) is 7.75. The van der Waals surface area contributed by atoms with Gasteiger partial charge in [0.1, 0.15) is 18.0 Å². The molecule has 2 fully saturated rings. The van der Waals surface area contributed by atoms with Gasteiger partial charge < -0.3 is 20.0 Å². The Bertz CT molecular complexity index is 833. The fourth-order valence-electron chi connectivity index (χ4n) is 3.86. The van der Waals surface area contributed by atoms with Gasteiger partial charge in [0.2, 0.25) is 5.91 Å². The van der Waals surface area contributed by atoms with Crippen molar-refractivity contribution in [3.63, 3.8) is 0 Å². The third kappa shape index (κ3) is 4.18. The van der Waals surface area contributed by atoms with E-state index in [1.807, 2.05) is 18.0 Å². The topological polar surface area (TPSA) is 64.6 Å². The van der Waals surface area contributed by atoms with E-state index in [-0.39, 0.29) is 5.91 Å². The molecule has 7 nitrogen and oxygen atoms in total. The molecule has 0 atom stereocenters. The van der Waals surface area contributed by atoms with Crippen LogP contribution in [-0.4, -0.2) is 66.6 Å². The van der Waals surface area contributed by atoms with E-state index in [9.17, 15) is 4.79 Å². The molecule has 1 amide bonds. The highest BCUT2D eigenvalue weighted by molar-refractivity contribution is 5.82. The number of anilines is 3. The zero-order valence-electron chi connectivity index (χ0n) is 16.6. The molecule has 0 saturated carbocycles. The lowest BCUT2D eigenvalue weighted by molar-refractivity contribution is -0.129. The van der Waals surface area contributed by atoms with Gasteiger partial charge in [-0.05, 0) is 37.5 Å². The number of nitrogens with zero attached hydrogens (tertiary/aromatic N) is 5. The minimum Gasteiger partial charge on any atom is -0.382 e. The Labute approximate surface area is 166 Å². The molecule has 2 aliphatic heterocycles. The van der Waals surface area contributed by atoms with Crippen LogP contribution in [0.4, 0.5) is 17.3 Å². The molecule has 0 spiro atoms. The average molecular weight is 380 g/mol. The lowest BCUT2D eigenvalue weighted by Crippen LogP contribution is -2.49. The first-order chi connectivity index (χ1) is 13.6. The van der Waals surface area contributed by atoms with E-state index in [2.05, 4.69) is 51.4 Å². The normalized spacial score (nSPS) is 18.5. The van der Waals surface area contributed by atoms with Crippen LogP contribution in [0.15, 0.2) is 36.7 Å². The van der Waals surface area contributed by atoms with Crippen LogP contribution in [0.5, 0.6) is 0 Å². The monoisotopic (exact) mass is 380 g/mol. The van der Waals surface area contributed by atoms with Crippen LogP contribution >= 0.6 is 0 Å². The molecular weight excluding hydrogens is 352 g/mol. The summed E-state index contributed by atoms with van der Waals surface area (Å²) in [7, 11) is 1.85. The number of hydrogen-bond donors (Lipinski definition) is 1. The Morgan fingerprint density at radius 1 is 1.00 bits per heavy atom. The highest BCUT2D eigenvalue weighted by Crippen LogP contribution is 2.24. The number of hydrogen-bond acceptors (Lipinski definition) is 6. The van der Waals surface area contributed by atoms with Gasteiger partial charge in [-0.25, -0.2) is 9.97 Å². The van der Waals surface area contributed by atoms with E-state index in [0.29, 0.717) is 12.6 Å². The molecule has 3 heterocycles. The van der Waals surface area contributed by atoms with Gasteiger partial charge in [-0.15, -0.1) is 0 Å². The lowest BCUT2D eigenvalue weighted by Gasteiger charge is -2.35. The number of likely N-dealkylation sites (N-methyl/N-ethyl adjacent to an activating group) is 1. The first-order valence-electron chi connectivity index (χ1n) is 9.97. The summed E-state index contributed by atoms with van der Waals surface area (Å²) in [5.41, 5.74) is 2.47. The third-order valence-corrected chi connectivity index (χ3v) is 5.63. The zero-order chi connectivity index (χ0) is 19.5. The summed E-state index contributed by atoms with van der Waals surface area (Å²) in [4.78, 5) is 27.0. The molecule has 0 bridgehead atoms. The van der Waals surface area contributed by atoms with E-state index in [4.69, 9.17) is 0 Å². The number of benzene rings is 1. The van der Waals surface area contributed by atoms with E-state index >= 15 is 0 Å². The molecule has 1 aromatic heterocycles. The second kappa shape index (κ2) is 8.04. The number of piperidine rings is 1. The molecular formula is C21H28N6O. The van der Waals surface area contributed by atoms with Gasteiger partial charge in [-0.1, -0.05) is 12.1 Å². The van der Waals surface area contributed by atoms with Crippen molar-refractivity contribution in [1.29, 1.82) is 0 Å². The van der Waals surface area contributed by atoms with E-state index in [1.165, 1.54) is 11.3 Å². The first-order valence-corrected chi connectivity index (χ1v) is 9.97. The van der Waals surface area contributed by atoms with Crippen LogP contribution in [-0.2, 0) is 4.79 Å². The number of carbonyl (C=O) groups is 1. The van der Waals surface area contributed by atoms with Crippen molar-refractivity contribution in [1.82, 2.24) is 14.9 Å². The SMILES string of the molecule is Cc1cccc(NC2CCN(c3cc(N4CCN(C)C(=O)C4)ncn3)CC2)c1. The summed E-state index contributed by atoms with van der Waals surface area (Å²) >= 11 is 0. The maximum atomic E-state index is 12.0. The Balaban J connectivity index is 1.36. The van der Waals surface area contributed by atoms with Crippen molar-refractivity contribution in [3.05, 3.63) is 42.2 Å². The van der Waals surface area contributed by atoms with Gasteiger partial charge in [0.15, 0.2) is 0 Å². The van der Waals surface area contributed by atoms with Gasteiger partial charge >= 0.3 is 0 Å². The van der Waals surface area contributed by atoms with E-state index in [0.717, 1.165) is 50.7 Å². The van der Waals surface area contributed by atoms with Crippen molar-refractivity contribution in [2.45, 2.75) is 25.8 Å². The fourth-order valence-corrected chi connectivity index (χ4v) is 3.86. The second-order valence-corrected chi connectivity index (χ2v) is 7.75. The van der Waals surface area contributed by atoms with E-state index < -0.39 is 0 Å². The summed E-state index contributed by atoms with van der Waals surface area (Å²) in [5, 5.41) is 3.66. The van der Waals surface area contributed by atoms with Crippen molar-refractivity contribution < 1.29 is 4.79 Å². The van der Waals surface area contributed by atoms with Crippen molar-refractivity contribution in [2.75, 3.05) is 54.9 Å². The molecule has 2 aromatic rings. The van der Waals surface area contributed by atoms with Crippen molar-refractivity contribution in [2.24, 2.45) is 0 Å². The zero-order valence-corrected chi connectivity index (χ0v) is 16.6. The molecule has 0 radical (unpaired) electrons. The molecule has 0 unspecified atom stereocenters. The predicted molar refractivity (Wildman–Crippen MR) is 112 cm³/mol. The number of aryl methyl sites for hydroxylation is 1. The minimum atomic E-state index is 0.134. The standard InChI is InChI=1S/C21H28N6O/c1-16-4-3-5-18(12-16)24-17-6-8-26(9-7-17)19-13-20(23-15-22-19)27-11-10-25(2)21(28)14-27/h3-5,12-13,15,17,24H,6-11,14H2,1-2H3. The Kier molecular flexibility index (Phi) is 5.32. The maximum Gasteiger partial charge on any atom is 0.241 e. The smallest absolute Gasteiger partial charge is 0.241 e. The predicted octanol–water partition coefficient (Wildman–Crippen LogP) is 2.14. The summed E-state index contributed by atoms with van der Waals surface area (Å²) in [5.74, 6) is 1.92. The average Bonchev–Trinajstić information content (AvgIpc) is 2.71. The summed E-state index contributed by atoms with van der Waals surface area (Å²) in [6, 6.07) is 11.0. The van der Waals surface area contributed by atoms with Gasteiger partial charge in [0.05, 0.1) is 6.54 Å². The summed E-state index contributed by atoms with van der Waals surface area (Å²) < 4.78 is 0. The van der Waals surface area contributed by atoms with Gasteiger partial charge in [-0.2, -0.15) is 0 Å².